The predicted molar refractivity (Wildman–Crippen MR) is 67.5 cm³/mol. The van der Waals surface area contributed by atoms with E-state index in [2.05, 4.69) is 0 Å². The summed E-state index contributed by atoms with van der Waals surface area (Å²) in [5.74, 6) is -0.675. The number of benzene rings is 1. The Kier molecular flexibility index (Phi) is 3.99. The lowest BCUT2D eigenvalue weighted by molar-refractivity contribution is -0.385. The maximum absolute atomic E-state index is 10.9. The van der Waals surface area contributed by atoms with E-state index < -0.39 is 10.9 Å². The van der Waals surface area contributed by atoms with Crippen LogP contribution in [-0.4, -0.2) is 22.6 Å². The number of aromatic carboxylic acids is 1. The van der Waals surface area contributed by atoms with Gasteiger partial charge in [0.15, 0.2) is 5.75 Å². The Labute approximate surface area is 110 Å². The van der Waals surface area contributed by atoms with Gasteiger partial charge in [-0.25, -0.2) is 4.79 Å². The van der Waals surface area contributed by atoms with Crippen molar-refractivity contribution in [3.63, 3.8) is 0 Å². The first-order valence-corrected chi connectivity index (χ1v) is 6.22. The second-order valence-electron chi connectivity index (χ2n) is 4.71. The van der Waals surface area contributed by atoms with Crippen molar-refractivity contribution in [1.82, 2.24) is 0 Å². The van der Waals surface area contributed by atoms with E-state index in [-0.39, 0.29) is 17.0 Å². The highest BCUT2D eigenvalue weighted by atomic mass is 16.6. The van der Waals surface area contributed by atoms with Crippen LogP contribution in [0.5, 0.6) is 5.75 Å². The second kappa shape index (κ2) is 5.69. The Morgan fingerprint density at radius 1 is 1.42 bits per heavy atom. The summed E-state index contributed by atoms with van der Waals surface area (Å²) in [5.41, 5.74) is -0.199. The van der Waals surface area contributed by atoms with Crippen molar-refractivity contribution in [1.29, 1.82) is 0 Å². The predicted octanol–water partition coefficient (Wildman–Crippen LogP) is 2.86. The van der Waals surface area contributed by atoms with Crippen molar-refractivity contribution in [3.8, 4) is 5.75 Å². The lowest BCUT2D eigenvalue weighted by Crippen LogP contribution is -2.10. The van der Waals surface area contributed by atoms with Crippen LogP contribution in [0.2, 0.25) is 0 Å². The van der Waals surface area contributed by atoms with Gasteiger partial charge in [-0.2, -0.15) is 0 Å². The van der Waals surface area contributed by atoms with Gasteiger partial charge < -0.3 is 9.84 Å². The zero-order chi connectivity index (χ0) is 13.8. The molecule has 2 rings (SSSR count). The monoisotopic (exact) mass is 265 g/mol. The molecular weight excluding hydrogens is 250 g/mol. The molecule has 1 saturated carbocycles. The molecule has 0 radical (unpaired) electrons. The molecule has 19 heavy (non-hydrogen) atoms. The van der Waals surface area contributed by atoms with E-state index in [4.69, 9.17) is 9.84 Å². The molecule has 0 saturated heterocycles. The SMILES string of the molecule is O=C(O)c1ccc([N+](=O)[O-])c(OCC2CCCC2)c1. The molecule has 6 heteroatoms. The summed E-state index contributed by atoms with van der Waals surface area (Å²) in [6, 6.07) is 3.60. The maximum atomic E-state index is 10.9. The van der Waals surface area contributed by atoms with Crippen LogP contribution in [0, 0.1) is 16.0 Å². The van der Waals surface area contributed by atoms with Gasteiger partial charge in [-0.1, -0.05) is 12.8 Å². The van der Waals surface area contributed by atoms with Crippen molar-refractivity contribution in [2.24, 2.45) is 5.92 Å². The molecule has 0 aliphatic heterocycles. The van der Waals surface area contributed by atoms with E-state index in [0.717, 1.165) is 25.7 Å². The van der Waals surface area contributed by atoms with Crippen molar-refractivity contribution in [2.75, 3.05) is 6.61 Å². The zero-order valence-corrected chi connectivity index (χ0v) is 10.4. The lowest BCUT2D eigenvalue weighted by atomic mass is 10.1. The van der Waals surface area contributed by atoms with Gasteiger partial charge in [-0.15, -0.1) is 0 Å². The third-order valence-electron chi connectivity index (χ3n) is 3.35. The van der Waals surface area contributed by atoms with Gasteiger partial charge >= 0.3 is 11.7 Å². The molecule has 102 valence electrons. The molecule has 1 aromatic rings. The summed E-state index contributed by atoms with van der Waals surface area (Å²) < 4.78 is 5.47. The third kappa shape index (κ3) is 3.21. The number of carbonyl (C=O) groups is 1. The smallest absolute Gasteiger partial charge is 0.335 e. The fourth-order valence-electron chi connectivity index (χ4n) is 2.30. The van der Waals surface area contributed by atoms with Gasteiger partial charge in [0.25, 0.3) is 0 Å². The lowest BCUT2D eigenvalue weighted by Gasteiger charge is -2.11. The van der Waals surface area contributed by atoms with E-state index in [1.54, 1.807) is 0 Å². The number of hydrogen-bond acceptors (Lipinski definition) is 4. The van der Waals surface area contributed by atoms with Crippen LogP contribution in [-0.2, 0) is 0 Å². The first-order chi connectivity index (χ1) is 9.08. The third-order valence-corrected chi connectivity index (χ3v) is 3.35. The standard InChI is InChI=1S/C13H15NO5/c15-13(16)10-5-6-11(14(17)18)12(7-10)19-8-9-3-1-2-4-9/h5-7,9H,1-4,8H2,(H,15,16). The summed E-state index contributed by atoms with van der Waals surface area (Å²) in [6.45, 7) is 0.407. The Morgan fingerprint density at radius 3 is 2.68 bits per heavy atom. The van der Waals surface area contributed by atoms with Crippen LogP contribution in [0.1, 0.15) is 36.0 Å². The number of hydrogen-bond donors (Lipinski definition) is 1. The van der Waals surface area contributed by atoms with Gasteiger partial charge in [0.05, 0.1) is 17.1 Å². The topological polar surface area (TPSA) is 89.7 Å². The molecule has 0 unspecified atom stereocenters. The van der Waals surface area contributed by atoms with E-state index in [0.29, 0.717) is 12.5 Å². The van der Waals surface area contributed by atoms with Gasteiger partial charge in [0.2, 0.25) is 0 Å². The van der Waals surface area contributed by atoms with E-state index in [9.17, 15) is 14.9 Å². The number of carboxylic acids is 1. The highest BCUT2D eigenvalue weighted by molar-refractivity contribution is 5.88. The average molecular weight is 265 g/mol. The van der Waals surface area contributed by atoms with Gasteiger partial charge in [-0.05, 0) is 24.8 Å². The largest absolute Gasteiger partial charge is 0.487 e. The van der Waals surface area contributed by atoms with E-state index >= 15 is 0 Å². The van der Waals surface area contributed by atoms with Crippen LogP contribution in [0.15, 0.2) is 18.2 Å². The molecule has 1 aromatic carbocycles. The van der Waals surface area contributed by atoms with Crippen LogP contribution in [0.4, 0.5) is 5.69 Å². The number of nitro groups is 1. The molecule has 1 aliphatic carbocycles. The number of nitrogens with zero attached hydrogens (tertiary/aromatic N) is 1. The fraction of sp³-hybridized carbons (Fsp3) is 0.462. The molecule has 1 N–H and O–H groups in total. The highest BCUT2D eigenvalue weighted by Crippen LogP contribution is 2.31. The highest BCUT2D eigenvalue weighted by Gasteiger charge is 2.21. The number of carboxylic acid groups (broad SMARTS) is 1. The minimum Gasteiger partial charge on any atom is -0.487 e. The fourth-order valence-corrected chi connectivity index (χ4v) is 2.30. The van der Waals surface area contributed by atoms with Crippen LogP contribution in [0.25, 0.3) is 0 Å². The quantitative estimate of drug-likeness (QED) is 0.653. The van der Waals surface area contributed by atoms with Crippen molar-refractivity contribution < 1.29 is 19.6 Å². The summed E-state index contributed by atoms with van der Waals surface area (Å²) >= 11 is 0. The van der Waals surface area contributed by atoms with Crippen molar-refractivity contribution in [3.05, 3.63) is 33.9 Å². The number of nitro benzene ring substituents is 1. The molecule has 1 aliphatic rings. The summed E-state index contributed by atoms with van der Waals surface area (Å²) in [7, 11) is 0. The van der Waals surface area contributed by atoms with Crippen molar-refractivity contribution in [2.45, 2.75) is 25.7 Å². The van der Waals surface area contributed by atoms with Gasteiger partial charge in [0, 0.05) is 12.1 Å². The molecule has 0 spiro atoms. The summed E-state index contributed by atoms with van der Waals surface area (Å²) in [5, 5.41) is 19.8. The van der Waals surface area contributed by atoms with Crippen LogP contribution >= 0.6 is 0 Å². The second-order valence-corrected chi connectivity index (χ2v) is 4.71. The molecule has 0 amide bonds. The molecule has 0 heterocycles. The average Bonchev–Trinajstić information content (AvgIpc) is 2.88. The minimum atomic E-state index is -1.12. The van der Waals surface area contributed by atoms with Crippen molar-refractivity contribution >= 4 is 11.7 Å². The minimum absolute atomic E-state index is 0.00739. The number of ether oxygens (including phenoxy) is 1. The first kappa shape index (κ1) is 13.3. The Bertz CT molecular complexity index is 494. The molecule has 0 atom stereocenters. The molecular formula is C13H15NO5. The molecule has 6 nitrogen and oxygen atoms in total. The Balaban J connectivity index is 2.16. The van der Waals surface area contributed by atoms with Crippen LogP contribution < -0.4 is 4.74 Å². The van der Waals surface area contributed by atoms with Gasteiger partial charge in [-0.3, -0.25) is 10.1 Å². The normalized spacial score (nSPS) is 15.4. The number of rotatable bonds is 5. The van der Waals surface area contributed by atoms with E-state index in [1.807, 2.05) is 0 Å². The maximum Gasteiger partial charge on any atom is 0.335 e. The van der Waals surface area contributed by atoms with Crippen LogP contribution in [0.3, 0.4) is 0 Å². The Morgan fingerprint density at radius 2 is 2.11 bits per heavy atom. The summed E-state index contributed by atoms with van der Waals surface area (Å²) in [4.78, 5) is 21.2. The molecule has 1 fully saturated rings. The van der Waals surface area contributed by atoms with Gasteiger partial charge in [0.1, 0.15) is 0 Å². The Hall–Kier alpha value is -2.11. The zero-order valence-electron chi connectivity index (χ0n) is 10.4. The molecule has 0 aromatic heterocycles. The summed E-state index contributed by atoms with van der Waals surface area (Å²) in [6.07, 6.45) is 4.44. The first-order valence-electron chi connectivity index (χ1n) is 6.22. The van der Waals surface area contributed by atoms with E-state index in [1.165, 1.54) is 18.2 Å². The molecule has 0 bridgehead atoms.